The Bertz CT molecular complexity index is 519. The van der Waals surface area contributed by atoms with Crippen LogP contribution in [-0.4, -0.2) is 35.9 Å². The van der Waals surface area contributed by atoms with Crippen molar-refractivity contribution in [2.75, 3.05) is 6.61 Å². The lowest BCUT2D eigenvalue weighted by Crippen LogP contribution is -2.65. The quantitative estimate of drug-likeness (QED) is 0.614. The second-order valence-corrected chi connectivity index (χ2v) is 5.57. The normalized spacial score (nSPS) is 23.0. The second kappa shape index (κ2) is 7.26. The van der Waals surface area contributed by atoms with Crippen molar-refractivity contribution in [3.8, 4) is 0 Å². The lowest BCUT2D eigenvalue weighted by atomic mass is 9.79. The summed E-state index contributed by atoms with van der Waals surface area (Å²) < 4.78 is 10.2. The Morgan fingerprint density at radius 3 is 2.59 bits per heavy atom. The topological polar surface area (TPSA) is 84.9 Å². The van der Waals surface area contributed by atoms with Crippen molar-refractivity contribution < 1.29 is 24.2 Å². The highest BCUT2D eigenvalue weighted by molar-refractivity contribution is 5.86. The molecule has 6 nitrogen and oxygen atoms in total. The minimum atomic E-state index is -0.800. The SMILES string of the molecule is C[C@@H](CO)[C@@H]1NC(=O)[C@@H]1[C@@H](C)OC(=O)OCc1ccccc1. The average Bonchev–Trinajstić information content (AvgIpc) is 2.50. The number of aliphatic hydroxyl groups excluding tert-OH is 1. The lowest BCUT2D eigenvalue weighted by Gasteiger charge is -2.42. The van der Waals surface area contributed by atoms with Crippen LogP contribution in [0.25, 0.3) is 0 Å². The highest BCUT2D eigenvalue weighted by Gasteiger charge is 2.46. The van der Waals surface area contributed by atoms with Crippen LogP contribution < -0.4 is 5.32 Å². The van der Waals surface area contributed by atoms with Gasteiger partial charge in [0, 0.05) is 18.6 Å². The number of nitrogens with one attached hydrogen (secondary N) is 1. The molecule has 0 saturated carbocycles. The standard InChI is InChI=1S/C16H21NO5/c1-10(8-18)14-13(15(19)17-14)11(2)22-16(20)21-9-12-6-4-3-5-7-12/h3-7,10-11,13-14,18H,8-9H2,1-2H3,(H,17,19)/t10-,11+,13+,14-/m0/s1. The van der Waals surface area contributed by atoms with Crippen LogP contribution in [-0.2, 0) is 20.9 Å². The fourth-order valence-electron chi connectivity index (χ4n) is 2.51. The summed E-state index contributed by atoms with van der Waals surface area (Å²) >= 11 is 0. The van der Waals surface area contributed by atoms with E-state index in [1.165, 1.54) is 0 Å². The number of hydrogen-bond acceptors (Lipinski definition) is 5. The minimum absolute atomic E-state index is 0.0351. The van der Waals surface area contributed by atoms with Crippen molar-refractivity contribution >= 4 is 12.1 Å². The first-order valence-corrected chi connectivity index (χ1v) is 7.31. The molecule has 0 spiro atoms. The number of β-lactam (4-membered cyclic amide) rings is 1. The van der Waals surface area contributed by atoms with Crippen LogP contribution in [0.5, 0.6) is 0 Å². The van der Waals surface area contributed by atoms with E-state index in [2.05, 4.69) is 5.32 Å². The van der Waals surface area contributed by atoms with Crippen LogP contribution in [0.4, 0.5) is 4.79 Å². The Balaban J connectivity index is 1.82. The summed E-state index contributed by atoms with van der Waals surface area (Å²) in [5.74, 6) is -0.714. The zero-order valence-corrected chi connectivity index (χ0v) is 12.7. The number of amides is 1. The Labute approximate surface area is 129 Å². The summed E-state index contributed by atoms with van der Waals surface area (Å²) in [4.78, 5) is 23.3. The molecule has 2 rings (SSSR count). The highest BCUT2D eigenvalue weighted by Crippen LogP contribution is 2.27. The summed E-state index contributed by atoms with van der Waals surface area (Å²) in [6.45, 7) is 3.58. The molecule has 120 valence electrons. The van der Waals surface area contributed by atoms with Gasteiger partial charge in [-0.3, -0.25) is 4.79 Å². The summed E-state index contributed by atoms with van der Waals surface area (Å²) in [6.07, 6.45) is -1.40. The van der Waals surface area contributed by atoms with Gasteiger partial charge in [-0.05, 0) is 12.5 Å². The van der Waals surface area contributed by atoms with Crippen LogP contribution in [0, 0.1) is 11.8 Å². The van der Waals surface area contributed by atoms with Crippen molar-refractivity contribution in [1.82, 2.24) is 5.32 Å². The van der Waals surface area contributed by atoms with Gasteiger partial charge >= 0.3 is 6.16 Å². The highest BCUT2D eigenvalue weighted by atomic mass is 16.7. The minimum Gasteiger partial charge on any atom is -0.430 e. The number of aliphatic hydroxyl groups is 1. The van der Waals surface area contributed by atoms with Gasteiger partial charge in [0.15, 0.2) is 0 Å². The molecular formula is C16H21NO5. The molecule has 1 saturated heterocycles. The van der Waals surface area contributed by atoms with E-state index in [4.69, 9.17) is 14.6 Å². The van der Waals surface area contributed by atoms with E-state index < -0.39 is 18.2 Å². The average molecular weight is 307 g/mol. The molecule has 6 heteroatoms. The predicted octanol–water partition coefficient (Wildman–Crippen LogP) is 1.47. The molecule has 1 heterocycles. The van der Waals surface area contributed by atoms with Crippen molar-refractivity contribution in [2.24, 2.45) is 11.8 Å². The second-order valence-electron chi connectivity index (χ2n) is 5.57. The molecule has 0 aliphatic carbocycles. The van der Waals surface area contributed by atoms with Gasteiger partial charge in [0.05, 0.1) is 5.92 Å². The fraction of sp³-hybridized carbons (Fsp3) is 0.500. The van der Waals surface area contributed by atoms with Crippen molar-refractivity contribution in [2.45, 2.75) is 32.6 Å². The van der Waals surface area contributed by atoms with E-state index in [0.29, 0.717) is 0 Å². The van der Waals surface area contributed by atoms with Crippen LogP contribution in [0.3, 0.4) is 0 Å². The number of hydrogen-bond donors (Lipinski definition) is 2. The van der Waals surface area contributed by atoms with Crippen LogP contribution >= 0.6 is 0 Å². The van der Waals surface area contributed by atoms with Crippen molar-refractivity contribution in [1.29, 1.82) is 0 Å². The molecule has 1 aliphatic heterocycles. The molecule has 1 aromatic carbocycles. The first-order valence-electron chi connectivity index (χ1n) is 7.31. The van der Waals surface area contributed by atoms with Gasteiger partial charge in [0.25, 0.3) is 0 Å². The molecule has 0 bridgehead atoms. The summed E-state index contributed by atoms with van der Waals surface area (Å²) in [5.41, 5.74) is 0.861. The third-order valence-electron chi connectivity index (χ3n) is 3.89. The molecule has 22 heavy (non-hydrogen) atoms. The summed E-state index contributed by atoms with van der Waals surface area (Å²) in [7, 11) is 0. The summed E-state index contributed by atoms with van der Waals surface area (Å²) in [5, 5.41) is 11.9. The first kappa shape index (κ1) is 16.3. The van der Waals surface area contributed by atoms with Crippen LogP contribution in [0.15, 0.2) is 30.3 Å². The monoisotopic (exact) mass is 307 g/mol. The molecular weight excluding hydrogens is 286 g/mol. The van der Waals surface area contributed by atoms with E-state index in [1.807, 2.05) is 37.3 Å². The van der Waals surface area contributed by atoms with Gasteiger partial charge < -0.3 is 19.9 Å². The van der Waals surface area contributed by atoms with Gasteiger partial charge in [-0.25, -0.2) is 4.79 Å². The van der Waals surface area contributed by atoms with Gasteiger partial charge in [0.1, 0.15) is 12.7 Å². The van der Waals surface area contributed by atoms with Gasteiger partial charge in [0.2, 0.25) is 5.91 Å². The van der Waals surface area contributed by atoms with E-state index in [-0.39, 0.29) is 31.1 Å². The fourth-order valence-corrected chi connectivity index (χ4v) is 2.51. The zero-order valence-electron chi connectivity index (χ0n) is 12.7. The Morgan fingerprint density at radius 1 is 1.32 bits per heavy atom. The third-order valence-corrected chi connectivity index (χ3v) is 3.89. The van der Waals surface area contributed by atoms with Gasteiger partial charge in [-0.1, -0.05) is 37.3 Å². The molecule has 1 aromatic rings. The maximum absolute atomic E-state index is 11.7. The zero-order chi connectivity index (χ0) is 16.1. The number of rotatable bonds is 6. The largest absolute Gasteiger partial charge is 0.508 e. The summed E-state index contributed by atoms with van der Waals surface area (Å²) in [6, 6.07) is 9.08. The molecule has 1 aliphatic rings. The molecule has 1 fully saturated rings. The molecule has 4 atom stereocenters. The predicted molar refractivity (Wildman–Crippen MR) is 78.8 cm³/mol. The molecule has 1 amide bonds. The Kier molecular flexibility index (Phi) is 5.38. The van der Waals surface area contributed by atoms with E-state index >= 15 is 0 Å². The van der Waals surface area contributed by atoms with Crippen molar-refractivity contribution in [3.05, 3.63) is 35.9 Å². The van der Waals surface area contributed by atoms with Crippen LogP contribution in [0.1, 0.15) is 19.4 Å². The van der Waals surface area contributed by atoms with Crippen molar-refractivity contribution in [3.63, 3.8) is 0 Å². The lowest BCUT2D eigenvalue weighted by molar-refractivity contribution is -0.144. The molecule has 0 aromatic heterocycles. The number of ether oxygens (including phenoxy) is 2. The van der Waals surface area contributed by atoms with Gasteiger partial charge in [-0.2, -0.15) is 0 Å². The molecule has 0 unspecified atom stereocenters. The maximum atomic E-state index is 11.7. The number of carbonyl (C=O) groups is 2. The van der Waals surface area contributed by atoms with Crippen LogP contribution in [0.2, 0.25) is 0 Å². The molecule has 0 radical (unpaired) electrons. The number of carbonyl (C=O) groups excluding carboxylic acids is 2. The maximum Gasteiger partial charge on any atom is 0.508 e. The van der Waals surface area contributed by atoms with Gasteiger partial charge in [-0.15, -0.1) is 0 Å². The van der Waals surface area contributed by atoms with E-state index in [9.17, 15) is 9.59 Å². The Hall–Kier alpha value is -2.08. The first-order chi connectivity index (χ1) is 10.5. The van der Waals surface area contributed by atoms with E-state index in [1.54, 1.807) is 6.92 Å². The third kappa shape index (κ3) is 3.76. The smallest absolute Gasteiger partial charge is 0.430 e. The van der Waals surface area contributed by atoms with E-state index in [0.717, 1.165) is 5.56 Å². The Morgan fingerprint density at radius 2 is 2.00 bits per heavy atom. The molecule has 2 N–H and O–H groups in total. The number of benzene rings is 1.